The minimum absolute atomic E-state index is 0. The van der Waals surface area contributed by atoms with Crippen LogP contribution in [0.3, 0.4) is 0 Å². The number of carbonyl (C=O) groups excluding carboxylic acids is 2. The second kappa shape index (κ2) is 48.3. The molecule has 3 rings (SSSR count). The molecule has 0 aromatic carbocycles. The zero-order valence-corrected chi connectivity index (χ0v) is 31.5. The Morgan fingerprint density at radius 1 is 0.458 bits per heavy atom. The molecular weight excluding hydrogens is 608 g/mol. The van der Waals surface area contributed by atoms with Crippen molar-refractivity contribution >= 4 is 23.8 Å². The SMILES string of the molecule is C.C.CC.CC.CC.CC.CC.CC.N#CC1CCCC[C@@H]1C#N.NC(=O)C1CCCC[C@@H]1C(N)=O.O=C(O)C1CCCC[C@@H]1C(=O)O. The summed E-state index contributed by atoms with van der Waals surface area (Å²) in [6, 6.07) is 4.36. The van der Waals surface area contributed by atoms with Gasteiger partial charge >= 0.3 is 11.9 Å². The van der Waals surface area contributed by atoms with Crippen LogP contribution in [0, 0.1) is 58.2 Å². The smallest absolute Gasteiger partial charge is 0.307 e. The van der Waals surface area contributed by atoms with Gasteiger partial charge in [0.15, 0.2) is 0 Å². The highest BCUT2D eigenvalue weighted by atomic mass is 16.4. The number of carboxylic acids is 2. The topological polar surface area (TPSA) is 208 Å². The van der Waals surface area contributed by atoms with Crippen LogP contribution in [-0.2, 0) is 19.2 Å². The predicted octanol–water partition coefficient (Wildman–Crippen LogP) is 9.99. The van der Waals surface area contributed by atoms with Crippen LogP contribution >= 0.6 is 0 Å². The van der Waals surface area contributed by atoms with Gasteiger partial charge in [-0.25, -0.2) is 0 Å². The summed E-state index contributed by atoms with van der Waals surface area (Å²) in [5, 5.41) is 34.6. The van der Waals surface area contributed by atoms with E-state index in [0.717, 1.165) is 51.4 Å². The lowest BCUT2D eigenvalue weighted by atomic mass is 9.78. The molecule has 10 heteroatoms. The molecule has 288 valence electrons. The quantitative estimate of drug-likeness (QED) is 0.223. The highest BCUT2D eigenvalue weighted by Crippen LogP contribution is 2.31. The molecule has 6 N–H and O–H groups in total. The number of carbonyl (C=O) groups is 4. The molecule has 6 atom stereocenters. The van der Waals surface area contributed by atoms with Crippen molar-refractivity contribution in [2.45, 2.75) is 175 Å². The first-order valence-electron chi connectivity index (χ1n) is 18.0. The molecule has 3 aliphatic carbocycles. The number of hydrogen-bond acceptors (Lipinski definition) is 6. The van der Waals surface area contributed by atoms with E-state index < -0.39 is 35.6 Å². The Bertz CT molecular complexity index is 698. The fraction of sp³-hybridized carbons (Fsp3) is 0.842. The van der Waals surface area contributed by atoms with Crippen molar-refractivity contribution in [3.8, 4) is 12.1 Å². The number of aliphatic carboxylic acids is 2. The number of amides is 2. The molecule has 0 spiro atoms. The zero-order valence-electron chi connectivity index (χ0n) is 31.5. The largest absolute Gasteiger partial charge is 0.481 e. The van der Waals surface area contributed by atoms with E-state index in [9.17, 15) is 19.2 Å². The Morgan fingerprint density at radius 3 is 0.812 bits per heavy atom. The van der Waals surface area contributed by atoms with Gasteiger partial charge in [-0.15, -0.1) is 0 Å². The average molecular weight is 689 g/mol. The molecule has 3 unspecified atom stereocenters. The molecule has 48 heavy (non-hydrogen) atoms. The molecule has 3 fully saturated rings. The van der Waals surface area contributed by atoms with Gasteiger partial charge in [0.2, 0.25) is 11.8 Å². The van der Waals surface area contributed by atoms with Crippen LogP contribution in [0.4, 0.5) is 0 Å². The van der Waals surface area contributed by atoms with E-state index in [1.165, 1.54) is 0 Å². The Hall–Kier alpha value is -3.14. The van der Waals surface area contributed by atoms with Crippen LogP contribution in [0.1, 0.15) is 175 Å². The molecule has 3 saturated carbocycles. The van der Waals surface area contributed by atoms with Gasteiger partial charge in [-0.2, -0.15) is 10.5 Å². The molecule has 0 aliphatic heterocycles. The molecule has 0 bridgehead atoms. The number of primary amides is 2. The van der Waals surface area contributed by atoms with Crippen molar-refractivity contribution in [3.05, 3.63) is 0 Å². The van der Waals surface area contributed by atoms with E-state index in [0.29, 0.717) is 25.7 Å². The van der Waals surface area contributed by atoms with E-state index in [-0.39, 0.29) is 38.5 Å². The number of nitrogens with two attached hydrogens (primary N) is 2. The van der Waals surface area contributed by atoms with Crippen molar-refractivity contribution in [3.63, 3.8) is 0 Å². The summed E-state index contributed by atoms with van der Waals surface area (Å²) in [5.74, 6) is -4.68. The Balaban J connectivity index is -0.0000000707. The molecule has 0 aromatic rings. The normalized spacial score (nSPS) is 22.3. The monoisotopic (exact) mass is 689 g/mol. The minimum Gasteiger partial charge on any atom is -0.481 e. The van der Waals surface area contributed by atoms with Crippen LogP contribution in [0.25, 0.3) is 0 Å². The first-order chi connectivity index (χ1) is 22.1. The van der Waals surface area contributed by atoms with E-state index in [1.54, 1.807) is 0 Å². The first-order valence-corrected chi connectivity index (χ1v) is 18.0. The number of rotatable bonds is 4. The lowest BCUT2D eigenvalue weighted by molar-refractivity contribution is -0.155. The third-order valence-corrected chi connectivity index (χ3v) is 6.99. The van der Waals surface area contributed by atoms with Crippen molar-refractivity contribution in [2.75, 3.05) is 0 Å². The summed E-state index contributed by atoms with van der Waals surface area (Å²) in [7, 11) is 0. The summed E-state index contributed by atoms with van der Waals surface area (Å²) in [6.07, 6.45) is 10.1. The molecule has 3 aliphatic rings. The van der Waals surface area contributed by atoms with E-state index in [2.05, 4.69) is 12.1 Å². The Kier molecular flexibility index (Phi) is 63.9. The van der Waals surface area contributed by atoms with Crippen molar-refractivity contribution in [2.24, 2.45) is 47.0 Å². The van der Waals surface area contributed by atoms with Crippen molar-refractivity contribution in [1.29, 1.82) is 10.5 Å². The van der Waals surface area contributed by atoms with Gasteiger partial charge in [0.25, 0.3) is 0 Å². The Morgan fingerprint density at radius 2 is 0.646 bits per heavy atom. The maximum atomic E-state index is 10.9. The predicted molar refractivity (Wildman–Crippen MR) is 203 cm³/mol. The third-order valence-electron chi connectivity index (χ3n) is 6.99. The van der Waals surface area contributed by atoms with Gasteiger partial charge in [-0.3, -0.25) is 19.2 Å². The number of nitrogens with zero attached hydrogens (tertiary/aromatic N) is 2. The fourth-order valence-corrected chi connectivity index (χ4v) is 4.97. The molecule has 0 heterocycles. The molecule has 10 nitrogen and oxygen atoms in total. The number of hydrogen-bond donors (Lipinski definition) is 4. The van der Waals surface area contributed by atoms with Crippen LogP contribution in [-0.4, -0.2) is 34.0 Å². The van der Waals surface area contributed by atoms with Gasteiger partial charge in [0, 0.05) is 11.8 Å². The minimum atomic E-state index is -0.970. The fourth-order valence-electron chi connectivity index (χ4n) is 4.97. The molecule has 2 amide bonds. The molecule has 0 radical (unpaired) electrons. The summed E-state index contributed by atoms with van der Waals surface area (Å²) in [4.78, 5) is 43.0. The van der Waals surface area contributed by atoms with Gasteiger partial charge in [-0.1, -0.05) is 136 Å². The van der Waals surface area contributed by atoms with E-state index in [4.69, 9.17) is 32.2 Å². The summed E-state index contributed by atoms with van der Waals surface area (Å²) in [5.41, 5.74) is 10.3. The lowest BCUT2D eigenvalue weighted by Crippen LogP contribution is -2.39. The van der Waals surface area contributed by atoms with Gasteiger partial charge in [0.05, 0.1) is 35.8 Å². The third kappa shape index (κ3) is 30.2. The van der Waals surface area contributed by atoms with Crippen molar-refractivity contribution in [1.82, 2.24) is 0 Å². The molecular formula is C38H80N4O6. The van der Waals surface area contributed by atoms with Crippen LogP contribution in [0.15, 0.2) is 0 Å². The first kappa shape index (κ1) is 63.5. The van der Waals surface area contributed by atoms with Gasteiger partial charge in [0.1, 0.15) is 0 Å². The van der Waals surface area contributed by atoms with Crippen molar-refractivity contribution < 1.29 is 29.4 Å². The summed E-state index contributed by atoms with van der Waals surface area (Å²) >= 11 is 0. The van der Waals surface area contributed by atoms with Crippen LogP contribution in [0.2, 0.25) is 0 Å². The van der Waals surface area contributed by atoms with Gasteiger partial charge in [-0.05, 0) is 38.5 Å². The second-order valence-corrected chi connectivity index (χ2v) is 9.23. The molecule has 0 aromatic heterocycles. The van der Waals surface area contributed by atoms with Crippen LogP contribution in [0.5, 0.6) is 0 Å². The zero-order chi connectivity index (χ0) is 37.7. The lowest BCUT2D eigenvalue weighted by Gasteiger charge is -2.26. The highest BCUT2D eigenvalue weighted by Gasteiger charge is 2.35. The average Bonchev–Trinajstić information content (AvgIpc) is 3.13. The maximum Gasteiger partial charge on any atom is 0.307 e. The molecule has 0 saturated heterocycles. The highest BCUT2D eigenvalue weighted by molar-refractivity contribution is 5.86. The standard InChI is InChI=1S/C8H14N2O2.C8H10N2.C8H12O4.6C2H6.2CH4/c9-7(11)5-3-1-2-4-6(5)8(10)12;9-5-7-3-1-2-4-8(7)6-10;9-7(10)5-3-1-2-4-6(5)8(11)12;6*1-2;;/h5-6H,1-4H2,(H2,9,11)(H2,10,12);7-8H,1-4H2;5-6H,1-4H2,(H,9,10)(H,11,12);6*1-2H3;2*1H4/t5-,6?;7-,8?;5-,6?;;;;;;;;/m010......../s1. The summed E-state index contributed by atoms with van der Waals surface area (Å²) < 4.78 is 0. The van der Waals surface area contributed by atoms with E-state index >= 15 is 0 Å². The number of nitriles is 2. The maximum absolute atomic E-state index is 10.9. The van der Waals surface area contributed by atoms with Crippen LogP contribution < -0.4 is 11.5 Å². The number of carboxylic acid groups (broad SMARTS) is 2. The van der Waals surface area contributed by atoms with Gasteiger partial charge < -0.3 is 21.7 Å². The summed E-state index contributed by atoms with van der Waals surface area (Å²) in [6.45, 7) is 24.0. The second-order valence-electron chi connectivity index (χ2n) is 9.23. The van der Waals surface area contributed by atoms with E-state index in [1.807, 2.05) is 83.1 Å². The Labute approximate surface area is 297 Å².